The van der Waals surface area contributed by atoms with Crippen LogP contribution in [0.1, 0.15) is 100 Å². The number of urea groups is 1. The van der Waals surface area contributed by atoms with Crippen LogP contribution in [0.5, 0.6) is 0 Å². The second-order valence-electron chi connectivity index (χ2n) is 15.3. The van der Waals surface area contributed by atoms with E-state index in [0.717, 1.165) is 76.6 Å². The summed E-state index contributed by atoms with van der Waals surface area (Å²) in [5.41, 5.74) is 6.63. The zero-order valence-electron chi connectivity index (χ0n) is 30.5. The number of carbonyl (C=O) groups is 3. The van der Waals surface area contributed by atoms with Gasteiger partial charge in [0.25, 0.3) is 0 Å². The van der Waals surface area contributed by atoms with E-state index < -0.39 is 0 Å². The van der Waals surface area contributed by atoms with Crippen molar-refractivity contribution >= 4 is 41.4 Å². The van der Waals surface area contributed by atoms with E-state index >= 15 is 0 Å². The van der Waals surface area contributed by atoms with Gasteiger partial charge in [-0.3, -0.25) is 9.59 Å². The zero-order chi connectivity index (χ0) is 35.3. The molecule has 3 aliphatic heterocycles. The molecule has 270 valence electrons. The molecule has 3 heterocycles. The molecule has 10 heteroatoms. The molecule has 0 saturated carbocycles. The largest absolute Gasteiger partial charge is 0.378 e. The number of aryl methyl sites for hydroxylation is 1. The van der Waals surface area contributed by atoms with Crippen molar-refractivity contribution in [2.45, 2.75) is 107 Å². The summed E-state index contributed by atoms with van der Waals surface area (Å²) in [5, 5.41) is 15.3. The van der Waals surface area contributed by atoms with Crippen molar-refractivity contribution in [2.75, 3.05) is 50.9 Å². The average molecular weight is 702 g/mol. The predicted octanol–water partition coefficient (Wildman–Crippen LogP) is 3.57. The van der Waals surface area contributed by atoms with E-state index in [1.54, 1.807) is 0 Å². The molecule has 2 aromatic rings. The summed E-state index contributed by atoms with van der Waals surface area (Å²) in [5.74, 6) is 1.22. The lowest BCUT2D eigenvalue weighted by Gasteiger charge is -2.33. The number of nitrogens with one attached hydrogen (secondary N) is 4. The Hall–Kier alpha value is -3.53. The van der Waals surface area contributed by atoms with Crippen LogP contribution in [-0.4, -0.2) is 81.2 Å². The van der Waals surface area contributed by atoms with Gasteiger partial charge in [0.2, 0.25) is 17.2 Å². The van der Waals surface area contributed by atoms with Crippen LogP contribution in [0.3, 0.4) is 0 Å². The van der Waals surface area contributed by atoms with Gasteiger partial charge in [-0.2, -0.15) is 11.8 Å². The number of thioether (sulfide) groups is 1. The van der Waals surface area contributed by atoms with Crippen LogP contribution in [0.2, 0.25) is 0 Å². The van der Waals surface area contributed by atoms with E-state index in [4.69, 9.17) is 0 Å². The molecule has 0 spiro atoms. The molecule has 0 unspecified atom stereocenters. The first kappa shape index (κ1) is 36.3. The molecule has 6 rings (SSSR count). The molecule has 50 heavy (non-hydrogen) atoms. The maximum absolute atomic E-state index is 12.6. The Morgan fingerprint density at radius 2 is 1.70 bits per heavy atom. The molecule has 4 N–H and O–H groups in total. The third-order valence-corrected chi connectivity index (χ3v) is 12.6. The SMILES string of the molecule is CN(C)c1ccc2c(c1)C(C)(C)c1cc3c(cc1=C2)CCC[N+]=3CCCC(=O)NCCCCCNC(=O)CCCC[C@@H]1SC[C@@H]2NC(=O)N[C@H]21. The van der Waals surface area contributed by atoms with Crippen molar-refractivity contribution in [1.29, 1.82) is 0 Å². The van der Waals surface area contributed by atoms with Gasteiger partial charge in [0.15, 0.2) is 0 Å². The zero-order valence-corrected chi connectivity index (χ0v) is 31.4. The smallest absolute Gasteiger partial charge is 0.315 e. The normalized spacial score (nSPS) is 21.2. The fraction of sp³-hybridized carbons (Fsp3) is 0.600. The highest BCUT2D eigenvalue weighted by atomic mass is 32.2. The van der Waals surface area contributed by atoms with Gasteiger partial charge < -0.3 is 26.2 Å². The van der Waals surface area contributed by atoms with Gasteiger partial charge in [0.05, 0.1) is 12.1 Å². The minimum atomic E-state index is -0.0935. The summed E-state index contributed by atoms with van der Waals surface area (Å²) in [6.07, 6.45) is 12.3. The first-order valence-electron chi connectivity index (χ1n) is 18.9. The number of fused-ring (bicyclic) bond motifs is 4. The van der Waals surface area contributed by atoms with Gasteiger partial charge in [-0.25, -0.2) is 9.37 Å². The van der Waals surface area contributed by atoms with Crippen molar-refractivity contribution in [3.8, 4) is 0 Å². The van der Waals surface area contributed by atoms with E-state index in [2.05, 4.69) is 95.1 Å². The number of anilines is 1. The Balaban J connectivity index is 0.873. The Bertz CT molecular complexity index is 1710. The molecule has 9 nitrogen and oxygen atoms in total. The molecule has 2 saturated heterocycles. The van der Waals surface area contributed by atoms with Gasteiger partial charge in [-0.1, -0.05) is 26.3 Å². The predicted molar refractivity (Wildman–Crippen MR) is 205 cm³/mol. The number of nitrogens with zero attached hydrogens (tertiary/aromatic N) is 2. The quantitative estimate of drug-likeness (QED) is 0.122. The first-order valence-corrected chi connectivity index (χ1v) is 20.0. The summed E-state index contributed by atoms with van der Waals surface area (Å²) in [6.45, 7) is 8.00. The number of rotatable bonds is 16. The highest BCUT2D eigenvalue weighted by Gasteiger charge is 2.42. The van der Waals surface area contributed by atoms with Crippen LogP contribution in [-0.2, 0) is 21.4 Å². The molecule has 0 bridgehead atoms. The average Bonchev–Trinajstić information content (AvgIpc) is 3.64. The van der Waals surface area contributed by atoms with Gasteiger partial charge in [-0.15, -0.1) is 0 Å². The summed E-state index contributed by atoms with van der Waals surface area (Å²) in [7, 11) is 4.20. The van der Waals surface area contributed by atoms with E-state index in [9.17, 15) is 14.4 Å². The molecule has 0 aromatic heterocycles. The molecule has 4 amide bonds. The van der Waals surface area contributed by atoms with E-state index in [1.807, 2.05) is 11.8 Å². The number of benzene rings is 2. The summed E-state index contributed by atoms with van der Waals surface area (Å²) < 4.78 is 2.50. The number of hydrogen-bond donors (Lipinski definition) is 4. The van der Waals surface area contributed by atoms with Crippen LogP contribution < -0.4 is 41.3 Å². The molecule has 3 atom stereocenters. The van der Waals surface area contributed by atoms with Crippen molar-refractivity contribution in [2.24, 2.45) is 0 Å². The molecule has 2 fully saturated rings. The maximum Gasteiger partial charge on any atom is 0.315 e. The van der Waals surface area contributed by atoms with Crippen molar-refractivity contribution in [3.63, 3.8) is 0 Å². The third kappa shape index (κ3) is 8.49. The number of carbonyl (C=O) groups excluding carboxylic acids is 3. The van der Waals surface area contributed by atoms with Crippen LogP contribution >= 0.6 is 11.8 Å². The topological polar surface area (TPSA) is 106 Å². The minimum Gasteiger partial charge on any atom is -0.378 e. The minimum absolute atomic E-state index is 0.0465. The molecule has 4 aliphatic rings. The Morgan fingerprint density at radius 3 is 2.46 bits per heavy atom. The van der Waals surface area contributed by atoms with E-state index in [-0.39, 0.29) is 35.3 Å². The number of amides is 4. The highest BCUT2D eigenvalue weighted by Crippen LogP contribution is 2.37. The molecular formula is C40H57N6O3S+. The fourth-order valence-electron chi connectivity index (χ4n) is 8.19. The second kappa shape index (κ2) is 16.2. The third-order valence-electron chi connectivity index (χ3n) is 11.1. The van der Waals surface area contributed by atoms with Crippen molar-refractivity contribution < 1.29 is 14.4 Å². The molecule has 2 aromatic carbocycles. The van der Waals surface area contributed by atoms with Gasteiger partial charge in [-0.05, 0) is 84.7 Å². The van der Waals surface area contributed by atoms with Gasteiger partial charge in [0, 0.05) is 86.6 Å². The summed E-state index contributed by atoms with van der Waals surface area (Å²) in [6, 6.07) is 12.1. The fourth-order valence-corrected chi connectivity index (χ4v) is 9.73. The van der Waals surface area contributed by atoms with E-state index in [0.29, 0.717) is 31.2 Å². The number of hydrogen-bond acceptors (Lipinski definition) is 5. The monoisotopic (exact) mass is 701 g/mol. The maximum atomic E-state index is 12.6. The van der Waals surface area contributed by atoms with Crippen LogP contribution in [0.15, 0.2) is 30.3 Å². The molecule has 0 radical (unpaired) electrons. The lowest BCUT2D eigenvalue weighted by atomic mass is 9.71. The van der Waals surface area contributed by atoms with E-state index in [1.165, 1.54) is 38.5 Å². The van der Waals surface area contributed by atoms with Crippen LogP contribution in [0.4, 0.5) is 10.5 Å². The standard InChI is InChI=1S/C40H56N6O3S/c1-40(2)31-24-30(45(3)4)17-16-27(31)22-29-23-28-12-10-20-46(34(28)25-32(29)40)21-11-15-37(48)42-19-9-5-8-18-41-36(47)14-7-6-13-35-38-33(26-50-35)43-39(49)44-38/h16-17,22-25,33,35,38H,5-15,18-21,26H2,1-4H3,(H3-,41,42,43,44,47,48,49)/p+1/t33-,35-,38+/m0/s1. The summed E-state index contributed by atoms with van der Waals surface area (Å²) in [4.78, 5) is 38.6. The lowest BCUT2D eigenvalue weighted by molar-refractivity contribution is -0.121. The first-order chi connectivity index (χ1) is 24.1. The summed E-state index contributed by atoms with van der Waals surface area (Å²) >= 11 is 1.92. The Kier molecular flexibility index (Phi) is 11.8. The van der Waals surface area contributed by atoms with Gasteiger partial charge >= 0.3 is 6.03 Å². The molecular weight excluding hydrogens is 645 g/mol. The Labute approximate surface area is 302 Å². The highest BCUT2D eigenvalue weighted by molar-refractivity contribution is 8.00. The van der Waals surface area contributed by atoms with Crippen LogP contribution in [0.25, 0.3) is 6.08 Å². The number of unbranched alkanes of at least 4 members (excludes halogenated alkanes) is 3. The van der Waals surface area contributed by atoms with Crippen molar-refractivity contribution in [1.82, 2.24) is 25.8 Å². The Morgan fingerprint density at radius 1 is 0.940 bits per heavy atom. The van der Waals surface area contributed by atoms with Gasteiger partial charge in [0.1, 0.15) is 13.1 Å². The molecule has 1 aliphatic carbocycles. The second-order valence-corrected chi connectivity index (χ2v) is 16.6. The van der Waals surface area contributed by atoms with Crippen molar-refractivity contribution in [3.05, 3.63) is 63.2 Å². The lowest BCUT2D eigenvalue weighted by Crippen LogP contribution is -2.42. The van der Waals surface area contributed by atoms with Crippen LogP contribution in [0, 0.1) is 0 Å².